The van der Waals surface area contributed by atoms with Crippen LogP contribution in [0.3, 0.4) is 0 Å². The molecule has 6 nitrogen and oxygen atoms in total. The Labute approximate surface area is 135 Å². The molecule has 0 atom stereocenters. The summed E-state index contributed by atoms with van der Waals surface area (Å²) < 4.78 is 6.93. The number of terminal acetylenes is 1. The number of esters is 1. The Morgan fingerprint density at radius 1 is 1.45 bits per heavy atom. The van der Waals surface area contributed by atoms with E-state index in [1.165, 1.54) is 10.9 Å². The summed E-state index contributed by atoms with van der Waals surface area (Å²) >= 11 is 3.37. The van der Waals surface area contributed by atoms with E-state index in [4.69, 9.17) is 16.9 Å². The van der Waals surface area contributed by atoms with Gasteiger partial charge in [-0.1, -0.05) is 21.9 Å². The Bertz CT molecular complexity index is 770. The van der Waals surface area contributed by atoms with Crippen molar-refractivity contribution in [3.05, 3.63) is 45.7 Å². The van der Waals surface area contributed by atoms with Crippen molar-refractivity contribution in [1.29, 1.82) is 0 Å². The quantitative estimate of drug-likeness (QED) is 0.664. The summed E-state index contributed by atoms with van der Waals surface area (Å²) in [7, 11) is 0. The SMILES string of the molecule is C#CCOC(=O)c1cnn(-c2cc(C)cc(Br)c2)c1C(N)=O. The van der Waals surface area contributed by atoms with Crippen LogP contribution in [0.2, 0.25) is 0 Å². The lowest BCUT2D eigenvalue weighted by atomic mass is 10.2. The molecule has 0 spiro atoms. The van der Waals surface area contributed by atoms with E-state index in [-0.39, 0.29) is 17.9 Å². The highest BCUT2D eigenvalue weighted by Gasteiger charge is 2.23. The van der Waals surface area contributed by atoms with Gasteiger partial charge in [-0.3, -0.25) is 4.79 Å². The van der Waals surface area contributed by atoms with Crippen molar-refractivity contribution in [2.24, 2.45) is 5.73 Å². The van der Waals surface area contributed by atoms with Gasteiger partial charge in [0, 0.05) is 4.47 Å². The second-order valence-corrected chi connectivity index (χ2v) is 5.37. The molecule has 22 heavy (non-hydrogen) atoms. The Morgan fingerprint density at radius 2 is 2.18 bits per heavy atom. The van der Waals surface area contributed by atoms with E-state index in [0.29, 0.717) is 5.69 Å². The first-order valence-electron chi connectivity index (χ1n) is 6.20. The van der Waals surface area contributed by atoms with E-state index in [1.807, 2.05) is 13.0 Å². The van der Waals surface area contributed by atoms with Gasteiger partial charge in [-0.15, -0.1) is 6.42 Å². The number of rotatable bonds is 4. The average molecular weight is 362 g/mol. The number of benzene rings is 1. The number of aryl methyl sites for hydroxylation is 1. The summed E-state index contributed by atoms with van der Waals surface area (Å²) in [6.07, 6.45) is 6.27. The molecule has 0 radical (unpaired) electrons. The molecule has 0 aliphatic heterocycles. The van der Waals surface area contributed by atoms with Crippen LogP contribution in [0.5, 0.6) is 0 Å². The Hall–Kier alpha value is -2.59. The van der Waals surface area contributed by atoms with Gasteiger partial charge in [0.05, 0.1) is 11.9 Å². The maximum absolute atomic E-state index is 11.9. The molecular weight excluding hydrogens is 350 g/mol. The molecule has 1 aromatic carbocycles. The first-order chi connectivity index (χ1) is 10.4. The van der Waals surface area contributed by atoms with Gasteiger partial charge < -0.3 is 10.5 Å². The zero-order valence-corrected chi connectivity index (χ0v) is 13.3. The number of hydrogen-bond acceptors (Lipinski definition) is 4. The summed E-state index contributed by atoms with van der Waals surface area (Å²) in [4.78, 5) is 23.6. The molecule has 0 saturated carbocycles. The van der Waals surface area contributed by atoms with Gasteiger partial charge in [0.25, 0.3) is 5.91 Å². The van der Waals surface area contributed by atoms with Crippen LogP contribution >= 0.6 is 15.9 Å². The molecular formula is C15H12BrN3O3. The number of ether oxygens (including phenoxy) is 1. The number of carbonyl (C=O) groups is 2. The number of halogens is 1. The third-order valence-corrected chi connectivity index (χ3v) is 3.24. The largest absolute Gasteiger partial charge is 0.449 e. The molecule has 0 aliphatic rings. The normalized spacial score (nSPS) is 10.0. The molecule has 2 rings (SSSR count). The molecule has 7 heteroatoms. The first kappa shape index (κ1) is 15.8. The molecule has 1 heterocycles. The van der Waals surface area contributed by atoms with Crippen molar-refractivity contribution in [2.75, 3.05) is 6.61 Å². The highest BCUT2D eigenvalue weighted by Crippen LogP contribution is 2.21. The third kappa shape index (κ3) is 3.18. The topological polar surface area (TPSA) is 87.2 Å². The Balaban J connectivity index is 2.54. The number of carbonyl (C=O) groups excluding carboxylic acids is 2. The van der Waals surface area contributed by atoms with Crippen molar-refractivity contribution in [1.82, 2.24) is 9.78 Å². The van der Waals surface area contributed by atoms with Crippen LogP contribution in [-0.2, 0) is 4.74 Å². The lowest BCUT2D eigenvalue weighted by Gasteiger charge is -2.08. The molecule has 2 aromatic rings. The number of primary amides is 1. The molecule has 2 N–H and O–H groups in total. The van der Waals surface area contributed by atoms with Crippen LogP contribution in [0.25, 0.3) is 5.69 Å². The van der Waals surface area contributed by atoms with Crippen molar-refractivity contribution in [2.45, 2.75) is 6.92 Å². The molecule has 112 valence electrons. The van der Waals surface area contributed by atoms with E-state index < -0.39 is 11.9 Å². The van der Waals surface area contributed by atoms with Crippen LogP contribution in [0.1, 0.15) is 26.4 Å². The minimum atomic E-state index is -0.789. The van der Waals surface area contributed by atoms with Crippen LogP contribution in [0.15, 0.2) is 28.9 Å². The van der Waals surface area contributed by atoms with Crippen LogP contribution < -0.4 is 5.73 Å². The minimum Gasteiger partial charge on any atom is -0.449 e. The first-order valence-corrected chi connectivity index (χ1v) is 6.99. The smallest absolute Gasteiger partial charge is 0.343 e. The number of hydrogen-bond donors (Lipinski definition) is 1. The average Bonchev–Trinajstić information content (AvgIpc) is 2.88. The Morgan fingerprint density at radius 3 is 2.77 bits per heavy atom. The standard InChI is InChI=1S/C15H12BrN3O3/c1-3-4-22-15(21)12-8-18-19(13(12)14(17)20)11-6-9(2)5-10(16)7-11/h1,5-8H,4H2,2H3,(H2,17,20). The third-order valence-electron chi connectivity index (χ3n) is 2.78. The van der Waals surface area contributed by atoms with E-state index in [1.54, 1.807) is 12.1 Å². The van der Waals surface area contributed by atoms with E-state index in [2.05, 4.69) is 26.9 Å². The number of amides is 1. The highest BCUT2D eigenvalue weighted by atomic mass is 79.9. The maximum atomic E-state index is 11.9. The molecule has 0 unspecified atom stereocenters. The van der Waals surface area contributed by atoms with Gasteiger partial charge >= 0.3 is 5.97 Å². The predicted molar refractivity (Wildman–Crippen MR) is 83.6 cm³/mol. The zero-order valence-electron chi connectivity index (χ0n) is 11.7. The monoisotopic (exact) mass is 361 g/mol. The summed E-state index contributed by atoms with van der Waals surface area (Å²) in [6, 6.07) is 5.46. The van der Waals surface area contributed by atoms with E-state index in [0.717, 1.165) is 10.0 Å². The molecule has 1 amide bonds. The second kappa shape index (κ2) is 6.45. The predicted octanol–water partition coefficient (Wildman–Crippen LogP) is 1.83. The van der Waals surface area contributed by atoms with Crippen molar-refractivity contribution in [3.63, 3.8) is 0 Å². The van der Waals surface area contributed by atoms with Crippen LogP contribution in [0, 0.1) is 19.3 Å². The lowest BCUT2D eigenvalue weighted by Crippen LogP contribution is -2.21. The fourth-order valence-corrected chi connectivity index (χ4v) is 2.55. The maximum Gasteiger partial charge on any atom is 0.343 e. The van der Waals surface area contributed by atoms with Crippen LogP contribution in [-0.4, -0.2) is 28.3 Å². The number of aromatic nitrogens is 2. The Kier molecular flexibility index (Phi) is 4.63. The molecule has 0 saturated heterocycles. The van der Waals surface area contributed by atoms with E-state index >= 15 is 0 Å². The van der Waals surface area contributed by atoms with Crippen molar-refractivity contribution in [3.8, 4) is 18.0 Å². The van der Waals surface area contributed by atoms with Gasteiger partial charge in [-0.25, -0.2) is 9.48 Å². The van der Waals surface area contributed by atoms with Crippen LogP contribution in [0.4, 0.5) is 0 Å². The van der Waals surface area contributed by atoms with Gasteiger partial charge in [-0.05, 0) is 30.7 Å². The molecule has 1 aromatic heterocycles. The zero-order chi connectivity index (χ0) is 16.3. The van der Waals surface area contributed by atoms with Gasteiger partial charge in [0.15, 0.2) is 6.61 Å². The summed E-state index contributed by atoms with van der Waals surface area (Å²) in [5, 5.41) is 4.06. The second-order valence-electron chi connectivity index (χ2n) is 4.45. The summed E-state index contributed by atoms with van der Waals surface area (Å²) in [5.74, 6) is 0.643. The minimum absolute atomic E-state index is 0.0274. The highest BCUT2D eigenvalue weighted by molar-refractivity contribution is 9.10. The summed E-state index contributed by atoms with van der Waals surface area (Å²) in [5.41, 5.74) is 6.84. The van der Waals surface area contributed by atoms with Crippen molar-refractivity contribution >= 4 is 27.8 Å². The number of nitrogens with zero attached hydrogens (tertiary/aromatic N) is 2. The molecule has 0 fully saturated rings. The molecule has 0 bridgehead atoms. The van der Waals surface area contributed by atoms with Gasteiger partial charge in [0.2, 0.25) is 0 Å². The van der Waals surface area contributed by atoms with Gasteiger partial charge in [0.1, 0.15) is 11.3 Å². The fraction of sp³-hybridized carbons (Fsp3) is 0.133. The van der Waals surface area contributed by atoms with Gasteiger partial charge in [-0.2, -0.15) is 5.10 Å². The number of nitrogens with two attached hydrogens (primary N) is 1. The van der Waals surface area contributed by atoms with Crippen molar-refractivity contribution < 1.29 is 14.3 Å². The summed E-state index contributed by atoms with van der Waals surface area (Å²) in [6.45, 7) is 1.70. The van der Waals surface area contributed by atoms with E-state index in [9.17, 15) is 9.59 Å². The fourth-order valence-electron chi connectivity index (χ4n) is 1.95. The lowest BCUT2D eigenvalue weighted by molar-refractivity contribution is 0.0553. The molecule has 0 aliphatic carbocycles.